The minimum Gasteiger partial charge on any atom is -0.468 e. The van der Waals surface area contributed by atoms with Crippen LogP contribution in [0.2, 0.25) is 0 Å². The van der Waals surface area contributed by atoms with Crippen molar-refractivity contribution in [3.8, 4) is 0 Å². The highest BCUT2D eigenvalue weighted by Gasteiger charge is 2.26. The number of nitrogens with two attached hydrogens (primary N) is 1. The number of hydrogen-bond donors (Lipinski definition) is 1. The van der Waals surface area contributed by atoms with E-state index in [1.807, 2.05) is 19.1 Å². The average molecular weight is 210 g/mol. The summed E-state index contributed by atoms with van der Waals surface area (Å²) in [4.78, 5) is 2.35. The Morgan fingerprint density at radius 3 is 2.40 bits per heavy atom. The van der Waals surface area contributed by atoms with Crippen molar-refractivity contribution in [2.75, 3.05) is 6.54 Å². The lowest BCUT2D eigenvalue weighted by Crippen LogP contribution is -2.42. The van der Waals surface area contributed by atoms with Crippen LogP contribution in [0.4, 0.5) is 0 Å². The highest BCUT2D eigenvalue weighted by atomic mass is 16.3. The molecule has 0 saturated heterocycles. The summed E-state index contributed by atoms with van der Waals surface area (Å²) in [7, 11) is 0. The van der Waals surface area contributed by atoms with Crippen LogP contribution in [0.15, 0.2) is 22.8 Å². The fourth-order valence-electron chi connectivity index (χ4n) is 2.07. The highest BCUT2D eigenvalue weighted by molar-refractivity contribution is 5.07. The second-order valence-electron chi connectivity index (χ2n) is 4.24. The lowest BCUT2D eigenvalue weighted by molar-refractivity contribution is 0.126. The van der Waals surface area contributed by atoms with Crippen LogP contribution >= 0.6 is 0 Å². The van der Waals surface area contributed by atoms with E-state index in [1.54, 1.807) is 6.26 Å². The maximum atomic E-state index is 6.04. The van der Waals surface area contributed by atoms with Crippen LogP contribution in [-0.4, -0.2) is 23.5 Å². The second kappa shape index (κ2) is 5.33. The van der Waals surface area contributed by atoms with E-state index in [1.165, 1.54) is 0 Å². The topological polar surface area (TPSA) is 42.4 Å². The molecule has 0 radical (unpaired) electrons. The smallest absolute Gasteiger partial charge is 0.122 e. The number of nitrogens with zero attached hydrogens (tertiary/aromatic N) is 1. The minimum absolute atomic E-state index is 0.0681. The van der Waals surface area contributed by atoms with Gasteiger partial charge in [0, 0.05) is 12.1 Å². The summed E-state index contributed by atoms with van der Waals surface area (Å²) in [6.07, 6.45) is 1.71. The van der Waals surface area contributed by atoms with Gasteiger partial charge in [-0.2, -0.15) is 0 Å². The predicted molar refractivity (Wildman–Crippen MR) is 62.6 cm³/mol. The van der Waals surface area contributed by atoms with Crippen molar-refractivity contribution in [3.63, 3.8) is 0 Å². The Hall–Kier alpha value is -0.800. The number of likely N-dealkylation sites (N-methyl/N-ethyl adjacent to an activating group) is 1. The summed E-state index contributed by atoms with van der Waals surface area (Å²) in [6.45, 7) is 9.52. The zero-order chi connectivity index (χ0) is 11.4. The van der Waals surface area contributed by atoms with Crippen molar-refractivity contribution >= 4 is 0 Å². The van der Waals surface area contributed by atoms with Gasteiger partial charge < -0.3 is 10.2 Å². The predicted octanol–water partition coefficient (Wildman–Crippen LogP) is 2.40. The van der Waals surface area contributed by atoms with Crippen LogP contribution in [-0.2, 0) is 0 Å². The monoisotopic (exact) mass is 210 g/mol. The Kier molecular flexibility index (Phi) is 4.36. The van der Waals surface area contributed by atoms with E-state index in [4.69, 9.17) is 10.2 Å². The van der Waals surface area contributed by atoms with Crippen molar-refractivity contribution in [1.82, 2.24) is 4.90 Å². The van der Waals surface area contributed by atoms with E-state index in [2.05, 4.69) is 25.7 Å². The van der Waals surface area contributed by atoms with E-state index >= 15 is 0 Å². The zero-order valence-electron chi connectivity index (χ0n) is 10.1. The molecule has 0 aliphatic carbocycles. The fourth-order valence-corrected chi connectivity index (χ4v) is 2.07. The van der Waals surface area contributed by atoms with Gasteiger partial charge in [-0.05, 0) is 39.4 Å². The maximum Gasteiger partial charge on any atom is 0.122 e. The van der Waals surface area contributed by atoms with E-state index in [9.17, 15) is 0 Å². The van der Waals surface area contributed by atoms with Crippen LogP contribution < -0.4 is 5.73 Å². The molecular weight excluding hydrogens is 188 g/mol. The second-order valence-corrected chi connectivity index (χ2v) is 4.24. The molecule has 86 valence electrons. The molecule has 1 heterocycles. The maximum absolute atomic E-state index is 6.04. The molecule has 0 bridgehead atoms. The summed E-state index contributed by atoms with van der Waals surface area (Å²) >= 11 is 0. The van der Waals surface area contributed by atoms with Gasteiger partial charge in [0.15, 0.2) is 0 Å². The van der Waals surface area contributed by atoms with Crippen LogP contribution in [0.5, 0.6) is 0 Å². The quantitative estimate of drug-likeness (QED) is 0.811. The molecule has 0 aliphatic heterocycles. The molecule has 3 nitrogen and oxygen atoms in total. The first kappa shape index (κ1) is 12.3. The zero-order valence-corrected chi connectivity index (χ0v) is 10.1. The molecule has 1 rings (SSSR count). The highest BCUT2D eigenvalue weighted by Crippen LogP contribution is 2.25. The Labute approximate surface area is 92.2 Å². The van der Waals surface area contributed by atoms with Crippen molar-refractivity contribution in [3.05, 3.63) is 24.2 Å². The summed E-state index contributed by atoms with van der Waals surface area (Å²) < 4.78 is 5.47. The number of furan rings is 1. The van der Waals surface area contributed by atoms with Crippen molar-refractivity contribution in [2.45, 2.75) is 45.8 Å². The Bertz CT molecular complexity index is 267. The molecule has 2 unspecified atom stereocenters. The molecule has 2 N–H and O–H groups in total. The van der Waals surface area contributed by atoms with Gasteiger partial charge in [-0.3, -0.25) is 4.90 Å². The minimum atomic E-state index is 0.0681. The average Bonchev–Trinajstić information content (AvgIpc) is 2.64. The Balaban J connectivity index is 2.91. The molecular formula is C12H22N2O. The first-order chi connectivity index (χ1) is 7.07. The van der Waals surface area contributed by atoms with E-state index in [0.29, 0.717) is 6.04 Å². The third-order valence-corrected chi connectivity index (χ3v) is 2.72. The summed E-state index contributed by atoms with van der Waals surface area (Å²) in [5.41, 5.74) is 6.04. The Morgan fingerprint density at radius 2 is 2.07 bits per heavy atom. The molecule has 15 heavy (non-hydrogen) atoms. The van der Waals surface area contributed by atoms with Crippen LogP contribution in [0, 0.1) is 0 Å². The summed E-state index contributed by atoms with van der Waals surface area (Å²) in [5, 5.41) is 0. The SMILES string of the molecule is CCN(C(C)C)C(c1ccco1)C(C)N. The molecule has 0 fully saturated rings. The largest absolute Gasteiger partial charge is 0.468 e. The molecule has 0 aromatic carbocycles. The molecule has 0 aliphatic rings. The summed E-state index contributed by atoms with van der Waals surface area (Å²) in [5.74, 6) is 0.959. The first-order valence-electron chi connectivity index (χ1n) is 5.62. The van der Waals surface area contributed by atoms with Gasteiger partial charge >= 0.3 is 0 Å². The van der Waals surface area contributed by atoms with Gasteiger partial charge in [0.1, 0.15) is 5.76 Å². The molecule has 3 heteroatoms. The normalized spacial score (nSPS) is 15.9. The number of hydrogen-bond acceptors (Lipinski definition) is 3. The number of rotatable bonds is 5. The van der Waals surface area contributed by atoms with Gasteiger partial charge in [-0.1, -0.05) is 6.92 Å². The van der Waals surface area contributed by atoms with E-state index < -0.39 is 0 Å². The third-order valence-electron chi connectivity index (χ3n) is 2.72. The standard InChI is InChI=1S/C12H22N2O/c1-5-14(9(2)3)12(10(4)13)11-7-6-8-15-11/h6-10,12H,5,13H2,1-4H3. The van der Waals surface area contributed by atoms with Gasteiger partial charge in [-0.15, -0.1) is 0 Å². The van der Waals surface area contributed by atoms with Crippen molar-refractivity contribution in [1.29, 1.82) is 0 Å². The van der Waals surface area contributed by atoms with E-state index in [0.717, 1.165) is 12.3 Å². The lowest BCUT2D eigenvalue weighted by atomic mass is 10.0. The molecule has 0 spiro atoms. The lowest BCUT2D eigenvalue weighted by Gasteiger charge is -2.35. The van der Waals surface area contributed by atoms with Gasteiger partial charge in [-0.25, -0.2) is 0 Å². The van der Waals surface area contributed by atoms with Gasteiger partial charge in [0.05, 0.1) is 12.3 Å². The van der Waals surface area contributed by atoms with Crippen molar-refractivity contribution < 1.29 is 4.42 Å². The molecule has 2 atom stereocenters. The van der Waals surface area contributed by atoms with Crippen LogP contribution in [0.1, 0.15) is 39.5 Å². The van der Waals surface area contributed by atoms with E-state index in [-0.39, 0.29) is 12.1 Å². The third kappa shape index (κ3) is 2.83. The molecule has 0 amide bonds. The first-order valence-corrected chi connectivity index (χ1v) is 5.62. The van der Waals surface area contributed by atoms with Gasteiger partial charge in [0.25, 0.3) is 0 Å². The molecule has 0 saturated carbocycles. The molecule has 1 aromatic rings. The fraction of sp³-hybridized carbons (Fsp3) is 0.667. The summed E-state index contributed by atoms with van der Waals surface area (Å²) in [6, 6.07) is 4.62. The van der Waals surface area contributed by atoms with Crippen LogP contribution in [0.25, 0.3) is 0 Å². The Morgan fingerprint density at radius 1 is 1.40 bits per heavy atom. The van der Waals surface area contributed by atoms with Crippen LogP contribution in [0.3, 0.4) is 0 Å². The van der Waals surface area contributed by atoms with Gasteiger partial charge in [0.2, 0.25) is 0 Å². The van der Waals surface area contributed by atoms with Crippen molar-refractivity contribution in [2.24, 2.45) is 5.73 Å². The molecule has 1 aromatic heterocycles.